The third-order valence-corrected chi connectivity index (χ3v) is 7.20. The first-order valence-electron chi connectivity index (χ1n) is 6.57. The van der Waals surface area contributed by atoms with Gasteiger partial charge in [0.25, 0.3) is 10.0 Å². The monoisotopic (exact) mass is 475 g/mol. The Kier molecular flexibility index (Phi) is 4.54. The van der Waals surface area contributed by atoms with Crippen LogP contribution >= 0.6 is 31.9 Å². The van der Waals surface area contributed by atoms with Gasteiger partial charge < -0.3 is 9.47 Å². The SMILES string of the molecule is COc1cc(Br)c(Br)c(S(=O)(=O)n2nnc3ccccc32)c1OC. The molecule has 0 atom stereocenters. The molecule has 24 heavy (non-hydrogen) atoms. The molecule has 0 aliphatic carbocycles. The number of benzene rings is 2. The molecule has 2 aromatic carbocycles. The highest BCUT2D eigenvalue weighted by Crippen LogP contribution is 2.44. The van der Waals surface area contributed by atoms with Gasteiger partial charge in [-0.25, -0.2) is 0 Å². The van der Waals surface area contributed by atoms with Gasteiger partial charge in [0.05, 0.1) is 18.7 Å². The van der Waals surface area contributed by atoms with Crippen molar-refractivity contribution in [1.29, 1.82) is 0 Å². The summed E-state index contributed by atoms with van der Waals surface area (Å²) in [5, 5.41) is 7.69. The van der Waals surface area contributed by atoms with Gasteiger partial charge in [0.1, 0.15) is 11.0 Å². The van der Waals surface area contributed by atoms with Crippen molar-refractivity contribution in [2.24, 2.45) is 0 Å². The molecule has 1 heterocycles. The van der Waals surface area contributed by atoms with E-state index in [2.05, 4.69) is 42.2 Å². The molecule has 0 N–H and O–H groups in total. The fourth-order valence-electron chi connectivity index (χ4n) is 2.25. The molecule has 0 aliphatic rings. The van der Waals surface area contributed by atoms with Crippen LogP contribution < -0.4 is 9.47 Å². The van der Waals surface area contributed by atoms with Crippen molar-refractivity contribution < 1.29 is 17.9 Å². The van der Waals surface area contributed by atoms with Gasteiger partial charge in [-0.3, -0.25) is 0 Å². The second-order valence-electron chi connectivity index (χ2n) is 4.66. The molecule has 0 spiro atoms. The summed E-state index contributed by atoms with van der Waals surface area (Å²) < 4.78 is 38.6. The Bertz CT molecular complexity index is 1030. The van der Waals surface area contributed by atoms with E-state index in [1.54, 1.807) is 30.3 Å². The third kappa shape index (κ3) is 2.58. The molecule has 7 nitrogen and oxygen atoms in total. The van der Waals surface area contributed by atoms with Crippen LogP contribution in [0.25, 0.3) is 11.0 Å². The average Bonchev–Trinajstić information content (AvgIpc) is 3.01. The topological polar surface area (TPSA) is 83.3 Å². The van der Waals surface area contributed by atoms with E-state index in [1.807, 2.05) is 0 Å². The minimum Gasteiger partial charge on any atom is -0.493 e. The number of hydrogen-bond acceptors (Lipinski definition) is 6. The van der Waals surface area contributed by atoms with Crippen molar-refractivity contribution in [3.8, 4) is 11.5 Å². The Morgan fingerprint density at radius 3 is 2.50 bits per heavy atom. The molecule has 0 unspecified atom stereocenters. The largest absolute Gasteiger partial charge is 0.493 e. The highest BCUT2D eigenvalue weighted by Gasteiger charge is 2.31. The van der Waals surface area contributed by atoms with Crippen molar-refractivity contribution >= 4 is 52.9 Å². The highest BCUT2D eigenvalue weighted by atomic mass is 79.9. The Morgan fingerprint density at radius 1 is 1.12 bits per heavy atom. The number of para-hydroxylation sites is 1. The fraction of sp³-hybridized carbons (Fsp3) is 0.143. The van der Waals surface area contributed by atoms with E-state index >= 15 is 0 Å². The van der Waals surface area contributed by atoms with Gasteiger partial charge in [0.2, 0.25) is 0 Å². The summed E-state index contributed by atoms with van der Waals surface area (Å²) in [7, 11) is -1.29. The average molecular weight is 477 g/mol. The number of halogens is 2. The van der Waals surface area contributed by atoms with E-state index in [4.69, 9.17) is 9.47 Å². The zero-order chi connectivity index (χ0) is 17.5. The molecule has 0 amide bonds. The van der Waals surface area contributed by atoms with Gasteiger partial charge in [-0.1, -0.05) is 17.3 Å². The maximum atomic E-state index is 13.2. The van der Waals surface area contributed by atoms with E-state index in [1.165, 1.54) is 14.2 Å². The molecule has 0 radical (unpaired) electrons. The quantitative estimate of drug-likeness (QED) is 0.574. The van der Waals surface area contributed by atoms with Crippen LogP contribution in [-0.4, -0.2) is 37.0 Å². The molecular formula is C14H11Br2N3O4S. The lowest BCUT2D eigenvalue weighted by Gasteiger charge is -2.16. The zero-order valence-electron chi connectivity index (χ0n) is 12.5. The van der Waals surface area contributed by atoms with E-state index in [-0.39, 0.29) is 16.4 Å². The number of fused-ring (bicyclic) bond motifs is 1. The first-order valence-corrected chi connectivity index (χ1v) is 9.60. The second-order valence-corrected chi connectivity index (χ2v) is 8.01. The molecule has 0 saturated heterocycles. The Balaban J connectivity index is 2.37. The summed E-state index contributed by atoms with van der Waals surface area (Å²) in [6.07, 6.45) is 0. The molecule has 10 heteroatoms. The lowest BCUT2D eigenvalue weighted by molar-refractivity contribution is 0.345. The number of rotatable bonds is 4. The van der Waals surface area contributed by atoms with Crippen LogP contribution in [0, 0.1) is 0 Å². The lowest BCUT2D eigenvalue weighted by Crippen LogP contribution is -2.17. The third-order valence-electron chi connectivity index (χ3n) is 3.33. The summed E-state index contributed by atoms with van der Waals surface area (Å²) >= 11 is 6.61. The molecule has 3 aromatic rings. The fourth-order valence-corrected chi connectivity index (χ4v) is 5.17. The summed E-state index contributed by atoms with van der Waals surface area (Å²) in [6.45, 7) is 0. The molecule has 0 aliphatic heterocycles. The summed E-state index contributed by atoms with van der Waals surface area (Å²) in [6, 6.07) is 8.39. The zero-order valence-corrected chi connectivity index (χ0v) is 16.5. The lowest BCUT2D eigenvalue weighted by atomic mass is 10.3. The number of ether oxygens (including phenoxy) is 2. The molecule has 0 bridgehead atoms. The van der Waals surface area contributed by atoms with Crippen LogP contribution in [0.5, 0.6) is 11.5 Å². The minimum absolute atomic E-state index is 0.0761. The molecule has 3 rings (SSSR count). The van der Waals surface area contributed by atoms with Crippen molar-refractivity contribution in [3.05, 3.63) is 39.3 Å². The standard InChI is InChI=1S/C14H11Br2N3O4S/c1-22-11-7-8(15)12(16)14(13(11)23-2)24(20,21)19-10-6-4-3-5-9(10)17-18-19/h3-7H,1-2H3. The van der Waals surface area contributed by atoms with Gasteiger partial charge in [0, 0.05) is 4.47 Å². The molecule has 0 fully saturated rings. The first kappa shape index (κ1) is 17.2. The number of nitrogens with zero attached hydrogens (tertiary/aromatic N) is 3. The first-order chi connectivity index (χ1) is 11.4. The Hall–Kier alpha value is -1.65. The van der Waals surface area contributed by atoms with Crippen LogP contribution in [0.2, 0.25) is 0 Å². The maximum absolute atomic E-state index is 13.2. The van der Waals surface area contributed by atoms with Crippen LogP contribution in [0.1, 0.15) is 0 Å². The molecule has 0 saturated carbocycles. The van der Waals surface area contributed by atoms with Crippen LogP contribution in [0.4, 0.5) is 0 Å². The van der Waals surface area contributed by atoms with Crippen molar-refractivity contribution in [1.82, 2.24) is 14.4 Å². The second kappa shape index (κ2) is 6.34. The summed E-state index contributed by atoms with van der Waals surface area (Å²) in [4.78, 5) is -0.105. The number of hydrogen-bond donors (Lipinski definition) is 0. The van der Waals surface area contributed by atoms with E-state index in [0.29, 0.717) is 20.0 Å². The summed E-state index contributed by atoms with van der Waals surface area (Å²) in [5.41, 5.74) is 0.837. The van der Waals surface area contributed by atoms with Crippen molar-refractivity contribution in [2.45, 2.75) is 4.90 Å². The van der Waals surface area contributed by atoms with Gasteiger partial charge in [-0.15, -0.1) is 9.19 Å². The van der Waals surface area contributed by atoms with E-state index in [9.17, 15) is 8.42 Å². The molecule has 126 valence electrons. The van der Waals surface area contributed by atoms with Crippen LogP contribution in [0.3, 0.4) is 0 Å². The van der Waals surface area contributed by atoms with Crippen molar-refractivity contribution in [2.75, 3.05) is 14.2 Å². The van der Waals surface area contributed by atoms with Crippen LogP contribution in [0.15, 0.2) is 44.2 Å². The van der Waals surface area contributed by atoms with E-state index in [0.717, 1.165) is 4.09 Å². The van der Waals surface area contributed by atoms with Gasteiger partial charge in [0.15, 0.2) is 16.4 Å². The highest BCUT2D eigenvalue weighted by molar-refractivity contribution is 9.13. The van der Waals surface area contributed by atoms with E-state index < -0.39 is 10.0 Å². The van der Waals surface area contributed by atoms with Gasteiger partial charge in [-0.2, -0.15) is 8.42 Å². The number of methoxy groups -OCH3 is 2. The van der Waals surface area contributed by atoms with Gasteiger partial charge >= 0.3 is 0 Å². The predicted molar refractivity (Wildman–Crippen MR) is 95.1 cm³/mol. The van der Waals surface area contributed by atoms with Gasteiger partial charge in [-0.05, 0) is 50.1 Å². The maximum Gasteiger partial charge on any atom is 0.289 e. The molecule has 1 aromatic heterocycles. The Labute approximate surface area is 154 Å². The minimum atomic E-state index is -4.09. The normalized spacial score (nSPS) is 11.7. The summed E-state index contributed by atoms with van der Waals surface area (Å²) in [5.74, 6) is 0.350. The molecular weight excluding hydrogens is 466 g/mol. The van der Waals surface area contributed by atoms with Crippen LogP contribution in [-0.2, 0) is 10.0 Å². The Morgan fingerprint density at radius 2 is 1.83 bits per heavy atom. The smallest absolute Gasteiger partial charge is 0.289 e. The van der Waals surface area contributed by atoms with Crippen molar-refractivity contribution in [3.63, 3.8) is 0 Å². The number of aromatic nitrogens is 3. The predicted octanol–water partition coefficient (Wildman–Crippen LogP) is 3.21.